The summed E-state index contributed by atoms with van der Waals surface area (Å²) in [6.07, 6.45) is -4.38. The van der Waals surface area contributed by atoms with Gasteiger partial charge in [-0.05, 0) is 60.3 Å². The average Bonchev–Trinajstić information content (AvgIpc) is 2.62. The second kappa shape index (κ2) is 7.70. The van der Waals surface area contributed by atoms with Crippen LogP contribution in [0.2, 0.25) is 0 Å². The van der Waals surface area contributed by atoms with Crippen LogP contribution in [0.15, 0.2) is 58.6 Å². The van der Waals surface area contributed by atoms with Crippen LogP contribution in [-0.2, 0) is 6.18 Å². The van der Waals surface area contributed by atoms with Gasteiger partial charge in [0.05, 0.1) is 12.7 Å². The highest BCUT2D eigenvalue weighted by Gasteiger charge is 2.30. The Bertz CT molecular complexity index is 919. The van der Waals surface area contributed by atoms with E-state index in [1.807, 2.05) is 0 Å². The van der Waals surface area contributed by atoms with E-state index >= 15 is 0 Å². The lowest BCUT2D eigenvalue weighted by Crippen LogP contribution is -2.03. The minimum atomic E-state index is -4.38. The van der Waals surface area contributed by atoms with Crippen LogP contribution in [0.1, 0.15) is 5.56 Å². The van der Waals surface area contributed by atoms with Gasteiger partial charge in [-0.25, -0.2) is 0 Å². The summed E-state index contributed by atoms with van der Waals surface area (Å²) in [5, 5.41) is 0.371. The number of benzene rings is 2. The molecule has 0 aliphatic heterocycles. The number of ether oxygens (including phenoxy) is 2. The van der Waals surface area contributed by atoms with Crippen LogP contribution in [0.5, 0.6) is 17.5 Å². The summed E-state index contributed by atoms with van der Waals surface area (Å²) in [7, 11) is 1.43. The summed E-state index contributed by atoms with van der Waals surface area (Å²) in [4.78, 5) is 12.7. The van der Waals surface area contributed by atoms with Gasteiger partial charge in [-0.2, -0.15) is 28.1 Å². The number of alkyl halides is 3. The molecule has 0 spiro atoms. The fourth-order valence-electron chi connectivity index (χ4n) is 2.02. The zero-order valence-electron chi connectivity index (χ0n) is 13.9. The second-order valence-corrected chi connectivity index (χ2v) is 6.20. The van der Waals surface area contributed by atoms with E-state index in [0.717, 1.165) is 17.0 Å². The number of anilines is 1. The lowest BCUT2D eigenvalue weighted by atomic mass is 10.2. The summed E-state index contributed by atoms with van der Waals surface area (Å²) < 4.78 is 48.2. The highest BCUT2D eigenvalue weighted by molar-refractivity contribution is 7.99. The molecule has 0 aliphatic carbocycles. The Labute approximate surface area is 156 Å². The van der Waals surface area contributed by atoms with Gasteiger partial charge in [0.1, 0.15) is 11.5 Å². The molecule has 1 heterocycles. The molecule has 2 aromatic carbocycles. The molecule has 0 radical (unpaired) electrons. The number of methoxy groups -OCH3 is 1. The normalized spacial score (nSPS) is 11.3. The number of nitrogen functional groups attached to an aromatic ring is 1. The van der Waals surface area contributed by atoms with E-state index in [4.69, 9.17) is 15.2 Å². The topological polar surface area (TPSA) is 83.2 Å². The number of nitrogens with zero attached hydrogens (tertiary/aromatic N) is 3. The van der Waals surface area contributed by atoms with E-state index in [1.54, 1.807) is 24.3 Å². The van der Waals surface area contributed by atoms with Gasteiger partial charge in [0.25, 0.3) is 0 Å². The molecule has 0 amide bonds. The number of halogens is 3. The van der Waals surface area contributed by atoms with Crippen molar-refractivity contribution in [1.29, 1.82) is 0 Å². The van der Waals surface area contributed by atoms with Crippen LogP contribution in [-0.4, -0.2) is 22.1 Å². The SMILES string of the molecule is COc1nc(N)nc(Sc2ccc(Oc3ccc(C(F)(F)F)cc3)cc2)n1. The van der Waals surface area contributed by atoms with Gasteiger partial charge in [0, 0.05) is 4.90 Å². The van der Waals surface area contributed by atoms with Crippen LogP contribution in [0.25, 0.3) is 0 Å². The summed E-state index contributed by atoms with van der Waals surface area (Å²) in [5.41, 5.74) is 4.86. The van der Waals surface area contributed by atoms with Crippen molar-refractivity contribution >= 4 is 17.7 Å². The average molecular weight is 394 g/mol. The molecule has 6 nitrogen and oxygen atoms in total. The Morgan fingerprint density at radius 2 is 1.48 bits per heavy atom. The third-order valence-electron chi connectivity index (χ3n) is 3.24. The lowest BCUT2D eigenvalue weighted by Gasteiger charge is -2.09. The van der Waals surface area contributed by atoms with E-state index in [0.29, 0.717) is 16.7 Å². The van der Waals surface area contributed by atoms with E-state index in [1.165, 1.54) is 31.0 Å². The quantitative estimate of drug-likeness (QED) is 0.686. The van der Waals surface area contributed by atoms with E-state index < -0.39 is 11.7 Å². The first-order valence-corrected chi connectivity index (χ1v) is 8.34. The van der Waals surface area contributed by atoms with Crippen molar-refractivity contribution in [2.45, 2.75) is 16.2 Å². The molecule has 1 aromatic heterocycles. The van der Waals surface area contributed by atoms with Crippen LogP contribution in [0, 0.1) is 0 Å². The minimum Gasteiger partial charge on any atom is -0.467 e. The Kier molecular flexibility index (Phi) is 5.36. The van der Waals surface area contributed by atoms with Gasteiger partial charge in [0.2, 0.25) is 11.1 Å². The Balaban J connectivity index is 1.68. The van der Waals surface area contributed by atoms with Gasteiger partial charge in [-0.15, -0.1) is 0 Å². The third-order valence-corrected chi connectivity index (χ3v) is 4.12. The maximum atomic E-state index is 12.6. The maximum absolute atomic E-state index is 12.6. The molecule has 0 bridgehead atoms. The number of hydrogen-bond donors (Lipinski definition) is 1. The molecule has 140 valence electrons. The fraction of sp³-hybridized carbons (Fsp3) is 0.118. The molecule has 0 aliphatic rings. The minimum absolute atomic E-state index is 0.0478. The molecular weight excluding hydrogens is 381 g/mol. The zero-order chi connectivity index (χ0) is 19.4. The summed E-state index contributed by atoms with van der Waals surface area (Å²) in [6.45, 7) is 0. The van der Waals surface area contributed by atoms with Crippen molar-refractivity contribution in [2.24, 2.45) is 0 Å². The lowest BCUT2D eigenvalue weighted by molar-refractivity contribution is -0.137. The van der Waals surface area contributed by atoms with Crippen LogP contribution in [0.4, 0.5) is 19.1 Å². The largest absolute Gasteiger partial charge is 0.467 e. The van der Waals surface area contributed by atoms with Gasteiger partial charge < -0.3 is 15.2 Å². The van der Waals surface area contributed by atoms with Gasteiger partial charge >= 0.3 is 12.2 Å². The van der Waals surface area contributed by atoms with Gasteiger partial charge in [-0.3, -0.25) is 0 Å². The number of nitrogens with two attached hydrogens (primary N) is 1. The Morgan fingerprint density at radius 3 is 2.04 bits per heavy atom. The highest BCUT2D eigenvalue weighted by Crippen LogP contribution is 2.32. The summed E-state index contributed by atoms with van der Waals surface area (Å²) >= 11 is 1.25. The van der Waals surface area contributed by atoms with Crippen molar-refractivity contribution < 1.29 is 22.6 Å². The van der Waals surface area contributed by atoms with Crippen molar-refractivity contribution in [3.05, 3.63) is 54.1 Å². The molecule has 3 aromatic rings. The van der Waals surface area contributed by atoms with Crippen LogP contribution in [0.3, 0.4) is 0 Å². The molecule has 3 rings (SSSR count). The molecule has 0 saturated carbocycles. The van der Waals surface area contributed by atoms with Crippen LogP contribution >= 0.6 is 11.8 Å². The molecule has 27 heavy (non-hydrogen) atoms. The Morgan fingerprint density at radius 1 is 0.889 bits per heavy atom. The smallest absolute Gasteiger partial charge is 0.416 e. The molecule has 0 atom stereocenters. The molecule has 2 N–H and O–H groups in total. The zero-order valence-corrected chi connectivity index (χ0v) is 14.7. The Hall–Kier alpha value is -3.01. The maximum Gasteiger partial charge on any atom is 0.416 e. The standard InChI is InChI=1S/C17H13F3N4O2S/c1-25-15-22-14(21)23-16(24-15)27-13-8-6-12(7-9-13)26-11-4-2-10(3-5-11)17(18,19)20/h2-9H,1H3,(H2,21,22,23,24). The number of hydrogen-bond acceptors (Lipinski definition) is 7. The van der Waals surface area contributed by atoms with E-state index in [2.05, 4.69) is 15.0 Å². The first-order chi connectivity index (χ1) is 12.8. The van der Waals surface area contributed by atoms with Crippen molar-refractivity contribution in [2.75, 3.05) is 12.8 Å². The van der Waals surface area contributed by atoms with Gasteiger partial charge in [0.15, 0.2) is 0 Å². The number of aromatic nitrogens is 3. The predicted octanol–water partition coefficient (Wildman–Crippen LogP) is 4.42. The van der Waals surface area contributed by atoms with Crippen molar-refractivity contribution in [3.8, 4) is 17.5 Å². The predicted molar refractivity (Wildman–Crippen MR) is 92.9 cm³/mol. The first-order valence-electron chi connectivity index (χ1n) is 7.52. The summed E-state index contributed by atoms with van der Waals surface area (Å²) in [5.74, 6) is 0.830. The van der Waals surface area contributed by atoms with Crippen molar-refractivity contribution in [3.63, 3.8) is 0 Å². The third kappa shape index (κ3) is 5.00. The van der Waals surface area contributed by atoms with Crippen molar-refractivity contribution in [1.82, 2.24) is 15.0 Å². The molecular formula is C17H13F3N4O2S. The highest BCUT2D eigenvalue weighted by atomic mass is 32.2. The molecule has 0 saturated heterocycles. The molecule has 0 unspecified atom stereocenters. The van der Waals surface area contributed by atoms with E-state index in [-0.39, 0.29) is 12.0 Å². The molecule has 10 heteroatoms. The monoisotopic (exact) mass is 394 g/mol. The van der Waals surface area contributed by atoms with Crippen LogP contribution < -0.4 is 15.2 Å². The number of rotatable bonds is 5. The van der Waals surface area contributed by atoms with Gasteiger partial charge in [-0.1, -0.05) is 0 Å². The first kappa shape index (κ1) is 18.8. The molecule has 0 fully saturated rings. The fourth-order valence-corrected chi connectivity index (χ4v) is 2.76. The summed E-state index contributed by atoms with van der Waals surface area (Å²) in [6, 6.07) is 11.5. The second-order valence-electron chi connectivity index (χ2n) is 5.16. The van der Waals surface area contributed by atoms with E-state index in [9.17, 15) is 13.2 Å².